The number of halogens is 1. The second-order valence-corrected chi connectivity index (χ2v) is 5.81. The predicted octanol–water partition coefficient (Wildman–Crippen LogP) is 3.43. The lowest BCUT2D eigenvalue weighted by Crippen LogP contribution is -2.30. The monoisotopic (exact) mass is 334 g/mol. The van der Waals surface area contributed by atoms with Crippen LogP contribution in [0.5, 0.6) is 0 Å². The maximum Gasteiger partial charge on any atom is 0.251 e. The van der Waals surface area contributed by atoms with Crippen molar-refractivity contribution >= 4 is 27.5 Å². The number of nitrogens with one attached hydrogen (secondary N) is 1. The predicted molar refractivity (Wildman–Crippen MR) is 80.4 cm³/mol. The van der Waals surface area contributed by atoms with Crippen LogP contribution in [0.15, 0.2) is 39.4 Å². The Morgan fingerprint density at radius 3 is 3.05 bits per heavy atom. The van der Waals surface area contributed by atoms with Gasteiger partial charge in [-0.3, -0.25) is 4.79 Å². The number of furan rings is 1. The first kappa shape index (κ1) is 13.2. The van der Waals surface area contributed by atoms with Crippen LogP contribution in [0, 0.1) is 0 Å². The van der Waals surface area contributed by atoms with Gasteiger partial charge in [0.05, 0.1) is 12.3 Å². The van der Waals surface area contributed by atoms with Gasteiger partial charge in [0.25, 0.3) is 5.91 Å². The number of hydrogen-bond donors (Lipinski definition) is 2. The highest BCUT2D eigenvalue weighted by atomic mass is 79.9. The molecule has 3 rings (SSSR count). The SMILES string of the molecule is Nc1ccc(C(=O)NC2CCCc3occc32)cc1Br. The topological polar surface area (TPSA) is 68.3 Å². The summed E-state index contributed by atoms with van der Waals surface area (Å²) in [5.74, 6) is 0.893. The molecule has 1 unspecified atom stereocenters. The number of rotatable bonds is 2. The highest BCUT2D eigenvalue weighted by molar-refractivity contribution is 9.10. The zero-order chi connectivity index (χ0) is 14.1. The first-order chi connectivity index (χ1) is 9.65. The minimum absolute atomic E-state index is 0.0290. The number of fused-ring (bicyclic) bond motifs is 1. The maximum absolute atomic E-state index is 12.3. The summed E-state index contributed by atoms with van der Waals surface area (Å²) in [6.45, 7) is 0. The van der Waals surface area contributed by atoms with Crippen molar-refractivity contribution in [2.75, 3.05) is 5.73 Å². The summed E-state index contributed by atoms with van der Waals surface area (Å²) in [7, 11) is 0. The third kappa shape index (κ3) is 2.45. The average Bonchev–Trinajstić information content (AvgIpc) is 2.91. The van der Waals surface area contributed by atoms with Crippen molar-refractivity contribution in [3.8, 4) is 0 Å². The molecule has 0 radical (unpaired) electrons. The van der Waals surface area contributed by atoms with Crippen LogP contribution in [-0.4, -0.2) is 5.91 Å². The van der Waals surface area contributed by atoms with E-state index in [0.29, 0.717) is 11.3 Å². The molecule has 1 aliphatic rings. The minimum Gasteiger partial charge on any atom is -0.469 e. The third-order valence-electron chi connectivity index (χ3n) is 3.62. The van der Waals surface area contributed by atoms with E-state index in [9.17, 15) is 4.79 Å². The van der Waals surface area contributed by atoms with Crippen molar-refractivity contribution in [1.82, 2.24) is 5.32 Å². The molecule has 4 nitrogen and oxygen atoms in total. The molecule has 104 valence electrons. The molecule has 3 N–H and O–H groups in total. The molecule has 1 atom stereocenters. The molecule has 2 aromatic rings. The summed E-state index contributed by atoms with van der Waals surface area (Å²) in [4.78, 5) is 12.3. The van der Waals surface area contributed by atoms with Crippen molar-refractivity contribution in [2.24, 2.45) is 0 Å². The fourth-order valence-corrected chi connectivity index (χ4v) is 2.93. The van der Waals surface area contributed by atoms with Crippen molar-refractivity contribution < 1.29 is 9.21 Å². The number of benzene rings is 1. The summed E-state index contributed by atoms with van der Waals surface area (Å²) in [5.41, 5.74) is 8.05. The second-order valence-electron chi connectivity index (χ2n) is 4.95. The molecule has 0 fully saturated rings. The first-order valence-electron chi connectivity index (χ1n) is 6.57. The van der Waals surface area contributed by atoms with Crippen molar-refractivity contribution in [1.29, 1.82) is 0 Å². The summed E-state index contributed by atoms with van der Waals surface area (Å²) < 4.78 is 6.17. The Morgan fingerprint density at radius 1 is 1.40 bits per heavy atom. The number of anilines is 1. The van der Waals surface area contributed by atoms with Crippen LogP contribution in [0.1, 0.15) is 40.6 Å². The van der Waals surface area contributed by atoms with Gasteiger partial charge in [-0.05, 0) is 53.0 Å². The van der Waals surface area contributed by atoms with Crippen molar-refractivity contribution in [3.63, 3.8) is 0 Å². The average molecular weight is 335 g/mol. The van der Waals surface area contributed by atoms with Crippen molar-refractivity contribution in [2.45, 2.75) is 25.3 Å². The van der Waals surface area contributed by atoms with Gasteiger partial charge in [-0.1, -0.05) is 0 Å². The van der Waals surface area contributed by atoms with E-state index >= 15 is 0 Å². The molecular weight excluding hydrogens is 320 g/mol. The molecule has 1 aromatic heterocycles. The molecule has 20 heavy (non-hydrogen) atoms. The zero-order valence-electron chi connectivity index (χ0n) is 10.9. The van der Waals surface area contributed by atoms with Gasteiger partial charge in [0.1, 0.15) is 5.76 Å². The Bertz CT molecular complexity index is 651. The molecule has 1 aromatic carbocycles. The largest absolute Gasteiger partial charge is 0.469 e. The van der Waals surface area contributed by atoms with Gasteiger partial charge in [0.15, 0.2) is 0 Å². The standard InChI is InChI=1S/C15H15BrN2O2/c16-11-8-9(4-5-12(11)17)15(19)18-13-2-1-3-14-10(13)6-7-20-14/h4-8,13H,1-3,17H2,(H,18,19). The highest BCUT2D eigenvalue weighted by Crippen LogP contribution is 2.30. The fraction of sp³-hybridized carbons (Fsp3) is 0.267. The zero-order valence-corrected chi connectivity index (χ0v) is 12.4. The number of carbonyl (C=O) groups excluding carboxylic acids is 1. The summed E-state index contributed by atoms with van der Waals surface area (Å²) >= 11 is 3.34. The molecule has 1 heterocycles. The molecule has 1 amide bonds. The second kappa shape index (κ2) is 5.32. The lowest BCUT2D eigenvalue weighted by molar-refractivity contribution is 0.0932. The van der Waals surface area contributed by atoms with Gasteiger partial charge in [0, 0.05) is 27.7 Å². The molecule has 1 aliphatic carbocycles. The summed E-state index contributed by atoms with van der Waals surface area (Å²) in [5, 5.41) is 3.06. The van der Waals surface area contributed by atoms with E-state index in [0.717, 1.165) is 35.1 Å². The Morgan fingerprint density at radius 2 is 2.25 bits per heavy atom. The van der Waals surface area contributed by atoms with E-state index in [1.807, 2.05) is 6.07 Å². The number of hydrogen-bond acceptors (Lipinski definition) is 3. The number of nitrogen functional groups attached to an aromatic ring is 1. The number of nitrogens with two attached hydrogens (primary N) is 1. The van der Waals surface area contributed by atoms with E-state index in [1.165, 1.54) is 0 Å². The molecular formula is C15H15BrN2O2. The van der Waals surface area contributed by atoms with Crippen molar-refractivity contribution in [3.05, 3.63) is 51.9 Å². The number of amides is 1. The van der Waals surface area contributed by atoms with E-state index < -0.39 is 0 Å². The van der Waals surface area contributed by atoms with Crippen LogP contribution >= 0.6 is 15.9 Å². The number of carbonyl (C=O) groups is 1. The Balaban J connectivity index is 1.79. The van der Waals surface area contributed by atoms with Gasteiger partial charge in [0.2, 0.25) is 0 Å². The maximum atomic E-state index is 12.3. The molecule has 0 saturated heterocycles. The lowest BCUT2D eigenvalue weighted by atomic mass is 9.93. The van der Waals surface area contributed by atoms with Gasteiger partial charge >= 0.3 is 0 Å². The van der Waals surface area contributed by atoms with Crippen LogP contribution in [0.3, 0.4) is 0 Å². The van der Waals surface area contributed by atoms with Crippen LogP contribution < -0.4 is 11.1 Å². The van der Waals surface area contributed by atoms with Crippen LogP contribution in [0.4, 0.5) is 5.69 Å². The van der Waals surface area contributed by atoms with Gasteiger partial charge in [-0.2, -0.15) is 0 Å². The minimum atomic E-state index is -0.0928. The molecule has 0 aliphatic heterocycles. The Labute approximate surface area is 125 Å². The Hall–Kier alpha value is -1.75. The third-order valence-corrected chi connectivity index (χ3v) is 4.31. The lowest BCUT2D eigenvalue weighted by Gasteiger charge is -2.22. The smallest absolute Gasteiger partial charge is 0.251 e. The molecule has 0 spiro atoms. The molecule has 5 heteroatoms. The number of aryl methyl sites for hydroxylation is 1. The fourth-order valence-electron chi connectivity index (χ4n) is 2.55. The highest BCUT2D eigenvalue weighted by Gasteiger charge is 2.24. The van der Waals surface area contributed by atoms with Crippen LogP contribution in [0.25, 0.3) is 0 Å². The summed E-state index contributed by atoms with van der Waals surface area (Å²) in [6, 6.07) is 7.17. The normalized spacial score (nSPS) is 17.6. The Kier molecular flexibility index (Phi) is 3.53. The van der Waals surface area contributed by atoms with E-state index in [4.69, 9.17) is 10.2 Å². The van der Waals surface area contributed by atoms with Crippen LogP contribution in [-0.2, 0) is 6.42 Å². The molecule has 0 saturated carbocycles. The molecule has 0 bridgehead atoms. The first-order valence-corrected chi connectivity index (χ1v) is 7.36. The van der Waals surface area contributed by atoms with Gasteiger partial charge in [-0.25, -0.2) is 0 Å². The summed E-state index contributed by atoms with van der Waals surface area (Å²) in [6.07, 6.45) is 4.60. The van der Waals surface area contributed by atoms with Crippen LogP contribution in [0.2, 0.25) is 0 Å². The quantitative estimate of drug-likeness (QED) is 0.826. The van der Waals surface area contributed by atoms with Gasteiger partial charge in [-0.15, -0.1) is 0 Å². The van der Waals surface area contributed by atoms with E-state index in [-0.39, 0.29) is 11.9 Å². The van der Waals surface area contributed by atoms with Gasteiger partial charge < -0.3 is 15.5 Å². The van der Waals surface area contributed by atoms with E-state index in [2.05, 4.69) is 21.2 Å². The van der Waals surface area contributed by atoms with E-state index in [1.54, 1.807) is 24.5 Å².